The van der Waals surface area contributed by atoms with E-state index in [0.717, 1.165) is 28.1 Å². The average molecular weight is 338 g/mol. The fourth-order valence-electron chi connectivity index (χ4n) is 2.60. The van der Waals surface area contributed by atoms with Gasteiger partial charge in [0.15, 0.2) is 3.92 Å². The number of hydrogen-bond donors (Lipinski definition) is 0. The number of benzene rings is 1. The zero-order valence-electron chi connectivity index (χ0n) is 10.6. The van der Waals surface area contributed by atoms with Crippen LogP contribution in [0.15, 0.2) is 34.2 Å². The second kappa shape index (κ2) is 6.01. The van der Waals surface area contributed by atoms with Crippen molar-refractivity contribution in [3.05, 3.63) is 39.8 Å². The van der Waals surface area contributed by atoms with Crippen LogP contribution in [0.3, 0.4) is 0 Å². The van der Waals surface area contributed by atoms with Crippen LogP contribution in [0.25, 0.3) is 0 Å². The van der Waals surface area contributed by atoms with Crippen molar-refractivity contribution in [2.24, 2.45) is 5.92 Å². The molecule has 1 aliphatic rings. The predicted octanol–water partition coefficient (Wildman–Crippen LogP) is 3.76. The van der Waals surface area contributed by atoms with Gasteiger partial charge >= 0.3 is 0 Å². The number of anilines is 1. The highest BCUT2D eigenvalue weighted by molar-refractivity contribution is 9.11. The lowest BCUT2D eigenvalue weighted by Gasteiger charge is -2.31. The highest BCUT2D eigenvalue weighted by Crippen LogP contribution is 2.29. The first-order valence-electron chi connectivity index (χ1n) is 6.59. The smallest absolute Gasteiger partial charge is 0.209 e. The van der Waals surface area contributed by atoms with Gasteiger partial charge in [0.25, 0.3) is 0 Å². The van der Waals surface area contributed by atoms with Crippen molar-refractivity contribution in [2.45, 2.75) is 19.3 Å². The summed E-state index contributed by atoms with van der Waals surface area (Å²) in [5.74, 6) is 0.801. The highest BCUT2D eigenvalue weighted by Gasteiger charge is 2.21. The van der Waals surface area contributed by atoms with E-state index in [1.807, 2.05) is 0 Å². The molecule has 1 aromatic heterocycles. The van der Waals surface area contributed by atoms with Crippen LogP contribution in [-0.4, -0.2) is 23.3 Å². The van der Waals surface area contributed by atoms with Crippen LogP contribution in [0.4, 0.5) is 5.13 Å². The molecule has 0 amide bonds. The highest BCUT2D eigenvalue weighted by atomic mass is 79.9. The van der Waals surface area contributed by atoms with E-state index in [2.05, 4.69) is 61.4 Å². The maximum absolute atomic E-state index is 4.20. The van der Waals surface area contributed by atoms with Gasteiger partial charge in [-0.3, -0.25) is 0 Å². The standard InChI is InChI=1S/C14H16BrN3S/c15-13-16-17-14(19-13)18-8-6-12(7-9-18)10-11-4-2-1-3-5-11/h1-5,12H,6-10H2. The molecule has 0 bridgehead atoms. The van der Waals surface area contributed by atoms with Crippen LogP contribution in [0.5, 0.6) is 0 Å². The number of piperidine rings is 1. The van der Waals surface area contributed by atoms with Gasteiger partial charge in [-0.05, 0) is 46.7 Å². The molecule has 2 heterocycles. The molecule has 0 unspecified atom stereocenters. The second-order valence-corrected chi connectivity index (χ2v) is 7.19. The minimum atomic E-state index is 0.801. The van der Waals surface area contributed by atoms with Crippen molar-refractivity contribution in [2.75, 3.05) is 18.0 Å². The zero-order valence-corrected chi connectivity index (χ0v) is 13.0. The summed E-state index contributed by atoms with van der Waals surface area (Å²) in [7, 11) is 0. The SMILES string of the molecule is Brc1nnc(N2CCC(Cc3ccccc3)CC2)s1. The zero-order chi connectivity index (χ0) is 13.1. The Hall–Kier alpha value is -0.940. The van der Waals surface area contributed by atoms with Crippen molar-refractivity contribution in [1.29, 1.82) is 0 Å². The number of hydrogen-bond acceptors (Lipinski definition) is 4. The molecule has 0 spiro atoms. The van der Waals surface area contributed by atoms with Crippen molar-refractivity contribution in [1.82, 2.24) is 10.2 Å². The summed E-state index contributed by atoms with van der Waals surface area (Å²) in [6.45, 7) is 2.19. The van der Waals surface area contributed by atoms with Gasteiger partial charge in [0.1, 0.15) is 0 Å². The first-order chi connectivity index (χ1) is 9.31. The Morgan fingerprint density at radius 2 is 1.89 bits per heavy atom. The third-order valence-corrected chi connectivity index (χ3v) is 5.06. The van der Waals surface area contributed by atoms with Gasteiger partial charge in [-0.2, -0.15) is 0 Å². The van der Waals surface area contributed by atoms with Crippen molar-refractivity contribution >= 4 is 32.4 Å². The molecule has 3 rings (SSSR count). The fraction of sp³-hybridized carbons (Fsp3) is 0.429. The maximum atomic E-state index is 4.20. The summed E-state index contributed by atoms with van der Waals surface area (Å²) in [6, 6.07) is 10.8. The monoisotopic (exact) mass is 337 g/mol. The normalized spacial score (nSPS) is 16.8. The van der Waals surface area contributed by atoms with Gasteiger partial charge in [0, 0.05) is 13.1 Å². The van der Waals surface area contributed by atoms with Crippen molar-refractivity contribution in [3.8, 4) is 0 Å². The van der Waals surface area contributed by atoms with Crippen LogP contribution < -0.4 is 4.90 Å². The summed E-state index contributed by atoms with van der Waals surface area (Å²) in [5, 5.41) is 9.26. The number of nitrogens with zero attached hydrogens (tertiary/aromatic N) is 3. The molecule has 0 atom stereocenters. The molecule has 1 fully saturated rings. The molecule has 1 aromatic carbocycles. The molecule has 19 heavy (non-hydrogen) atoms. The largest absolute Gasteiger partial charge is 0.347 e. The third-order valence-electron chi connectivity index (χ3n) is 3.64. The Balaban J connectivity index is 1.55. The van der Waals surface area contributed by atoms with E-state index in [-0.39, 0.29) is 0 Å². The maximum Gasteiger partial charge on any atom is 0.209 e. The lowest BCUT2D eigenvalue weighted by molar-refractivity contribution is 0.403. The van der Waals surface area contributed by atoms with E-state index in [1.165, 1.54) is 24.8 Å². The lowest BCUT2D eigenvalue weighted by atomic mass is 9.90. The van der Waals surface area contributed by atoms with E-state index < -0.39 is 0 Å². The minimum Gasteiger partial charge on any atom is -0.347 e. The Bertz CT molecular complexity index is 520. The first kappa shape index (κ1) is 13.1. The van der Waals surface area contributed by atoms with Gasteiger partial charge in [0.05, 0.1) is 0 Å². The Morgan fingerprint density at radius 1 is 1.16 bits per heavy atom. The number of aromatic nitrogens is 2. The van der Waals surface area contributed by atoms with Crippen LogP contribution in [0.2, 0.25) is 0 Å². The van der Waals surface area contributed by atoms with E-state index >= 15 is 0 Å². The van der Waals surface area contributed by atoms with Crippen molar-refractivity contribution < 1.29 is 0 Å². The molecule has 0 radical (unpaired) electrons. The van der Waals surface area contributed by atoms with E-state index in [4.69, 9.17) is 0 Å². The molecular formula is C14H16BrN3S. The molecular weight excluding hydrogens is 322 g/mol. The molecule has 0 saturated carbocycles. The lowest BCUT2D eigenvalue weighted by Crippen LogP contribution is -2.34. The van der Waals surface area contributed by atoms with Crippen LogP contribution in [-0.2, 0) is 6.42 Å². The topological polar surface area (TPSA) is 29.0 Å². The molecule has 3 nitrogen and oxygen atoms in total. The molecule has 1 saturated heterocycles. The fourth-order valence-corrected chi connectivity index (χ4v) is 3.74. The van der Waals surface area contributed by atoms with Crippen LogP contribution in [0, 0.1) is 5.92 Å². The summed E-state index contributed by atoms with van der Waals surface area (Å²) in [4.78, 5) is 2.35. The Morgan fingerprint density at radius 3 is 2.53 bits per heavy atom. The quantitative estimate of drug-likeness (QED) is 0.853. The Kier molecular flexibility index (Phi) is 4.13. The van der Waals surface area contributed by atoms with Gasteiger partial charge in [0.2, 0.25) is 5.13 Å². The molecule has 0 N–H and O–H groups in total. The van der Waals surface area contributed by atoms with Crippen LogP contribution >= 0.6 is 27.3 Å². The molecule has 5 heteroatoms. The average Bonchev–Trinajstić information content (AvgIpc) is 2.87. The molecule has 0 aliphatic carbocycles. The van der Waals surface area contributed by atoms with E-state index in [1.54, 1.807) is 11.3 Å². The molecule has 2 aromatic rings. The molecule has 100 valence electrons. The molecule has 1 aliphatic heterocycles. The third kappa shape index (κ3) is 3.34. The number of rotatable bonds is 3. The van der Waals surface area contributed by atoms with E-state index in [9.17, 15) is 0 Å². The first-order valence-corrected chi connectivity index (χ1v) is 8.20. The summed E-state index contributed by atoms with van der Waals surface area (Å²) >= 11 is 4.99. The summed E-state index contributed by atoms with van der Waals surface area (Å²) < 4.78 is 0.869. The summed E-state index contributed by atoms with van der Waals surface area (Å²) in [6.07, 6.45) is 3.69. The van der Waals surface area contributed by atoms with Gasteiger partial charge in [-0.1, -0.05) is 41.7 Å². The second-order valence-electron chi connectivity index (χ2n) is 4.96. The number of halogens is 1. The van der Waals surface area contributed by atoms with Crippen LogP contribution in [0.1, 0.15) is 18.4 Å². The van der Waals surface area contributed by atoms with Crippen molar-refractivity contribution in [3.63, 3.8) is 0 Å². The van der Waals surface area contributed by atoms with Gasteiger partial charge < -0.3 is 4.90 Å². The van der Waals surface area contributed by atoms with E-state index in [0.29, 0.717) is 0 Å². The Labute approximate surface area is 125 Å². The van der Waals surface area contributed by atoms with Gasteiger partial charge in [-0.25, -0.2) is 0 Å². The minimum absolute atomic E-state index is 0.801. The summed E-state index contributed by atoms with van der Waals surface area (Å²) in [5.41, 5.74) is 1.46. The predicted molar refractivity (Wildman–Crippen MR) is 82.7 cm³/mol. The van der Waals surface area contributed by atoms with Gasteiger partial charge in [-0.15, -0.1) is 10.2 Å².